The number of esters is 2. The van der Waals surface area contributed by atoms with E-state index in [2.05, 4.69) is 0 Å². The SMILES string of the molecule is COC(=O)C1=C(C(=O)OC)N(c2ccccc2)[C@@H](c2ccc(O)c(OC)c2)N(c2ccccc2)C1. The number of anilines is 2. The average Bonchev–Trinajstić information content (AvgIpc) is 2.92. The molecule has 8 nitrogen and oxygen atoms in total. The molecule has 0 aliphatic carbocycles. The van der Waals surface area contributed by atoms with Crippen molar-refractivity contribution in [1.29, 1.82) is 0 Å². The molecule has 0 bridgehead atoms. The van der Waals surface area contributed by atoms with Gasteiger partial charge in [-0.05, 0) is 42.0 Å². The second-order valence-corrected chi connectivity index (χ2v) is 7.78. The Morgan fingerprint density at radius 1 is 0.829 bits per heavy atom. The first-order chi connectivity index (χ1) is 17.0. The molecule has 8 heteroatoms. The van der Waals surface area contributed by atoms with Crippen molar-refractivity contribution in [1.82, 2.24) is 0 Å². The van der Waals surface area contributed by atoms with Crippen molar-refractivity contribution in [3.8, 4) is 11.5 Å². The highest BCUT2D eigenvalue weighted by Gasteiger charge is 2.42. The number of hydrogen-bond donors (Lipinski definition) is 1. The molecular weight excluding hydrogens is 448 g/mol. The molecule has 1 N–H and O–H groups in total. The summed E-state index contributed by atoms with van der Waals surface area (Å²) in [6.07, 6.45) is -0.600. The van der Waals surface area contributed by atoms with E-state index < -0.39 is 18.1 Å². The van der Waals surface area contributed by atoms with Gasteiger partial charge in [0.25, 0.3) is 0 Å². The molecule has 180 valence electrons. The minimum Gasteiger partial charge on any atom is -0.504 e. The van der Waals surface area contributed by atoms with Crippen molar-refractivity contribution in [2.75, 3.05) is 37.7 Å². The molecule has 0 fully saturated rings. The Morgan fingerprint density at radius 3 is 2.00 bits per heavy atom. The monoisotopic (exact) mass is 474 g/mol. The molecule has 0 spiro atoms. The van der Waals surface area contributed by atoms with E-state index in [0.717, 1.165) is 11.3 Å². The van der Waals surface area contributed by atoms with Crippen LogP contribution in [0.4, 0.5) is 11.4 Å². The number of phenolic OH excluding ortho intramolecular Hbond substituents is 1. The molecular formula is C27H26N2O6. The molecule has 0 saturated heterocycles. The first kappa shape index (κ1) is 23.7. The van der Waals surface area contributed by atoms with E-state index >= 15 is 0 Å². The van der Waals surface area contributed by atoms with Crippen LogP contribution in [0.3, 0.4) is 0 Å². The van der Waals surface area contributed by atoms with E-state index in [4.69, 9.17) is 14.2 Å². The third-order valence-electron chi connectivity index (χ3n) is 5.83. The highest BCUT2D eigenvalue weighted by molar-refractivity contribution is 6.04. The second kappa shape index (κ2) is 10.2. The normalized spacial score (nSPS) is 15.6. The van der Waals surface area contributed by atoms with Gasteiger partial charge in [-0.25, -0.2) is 9.59 Å². The zero-order valence-electron chi connectivity index (χ0n) is 19.7. The van der Waals surface area contributed by atoms with Gasteiger partial charge in [0.15, 0.2) is 11.5 Å². The van der Waals surface area contributed by atoms with Crippen molar-refractivity contribution in [2.24, 2.45) is 0 Å². The Bertz CT molecular complexity index is 1240. The van der Waals surface area contributed by atoms with Crippen molar-refractivity contribution in [2.45, 2.75) is 6.17 Å². The van der Waals surface area contributed by atoms with Gasteiger partial charge in [-0.15, -0.1) is 0 Å². The van der Waals surface area contributed by atoms with Crippen molar-refractivity contribution >= 4 is 23.3 Å². The third kappa shape index (κ3) is 4.50. The quantitative estimate of drug-likeness (QED) is 0.536. The Labute approximate surface area is 203 Å². The predicted molar refractivity (Wildman–Crippen MR) is 131 cm³/mol. The number of nitrogens with zero attached hydrogens (tertiary/aromatic N) is 2. The summed E-state index contributed by atoms with van der Waals surface area (Å²) in [7, 11) is 4.02. The van der Waals surface area contributed by atoms with Gasteiger partial charge in [-0.2, -0.15) is 0 Å². The zero-order valence-corrected chi connectivity index (χ0v) is 19.7. The van der Waals surface area contributed by atoms with Crippen LogP contribution in [0.15, 0.2) is 90.1 Å². The number of aromatic hydroxyl groups is 1. The Morgan fingerprint density at radius 2 is 1.43 bits per heavy atom. The van der Waals surface area contributed by atoms with Crippen LogP contribution in [-0.2, 0) is 19.1 Å². The van der Waals surface area contributed by atoms with Gasteiger partial charge in [0.2, 0.25) is 0 Å². The average molecular weight is 475 g/mol. The van der Waals surface area contributed by atoms with Crippen LogP contribution >= 0.6 is 0 Å². The first-order valence-electron chi connectivity index (χ1n) is 10.9. The molecule has 0 aromatic heterocycles. The molecule has 35 heavy (non-hydrogen) atoms. The maximum atomic E-state index is 13.2. The lowest BCUT2D eigenvalue weighted by atomic mass is 9.99. The van der Waals surface area contributed by atoms with E-state index in [9.17, 15) is 14.7 Å². The smallest absolute Gasteiger partial charge is 0.355 e. The van der Waals surface area contributed by atoms with Crippen LogP contribution in [0.5, 0.6) is 11.5 Å². The third-order valence-corrected chi connectivity index (χ3v) is 5.83. The van der Waals surface area contributed by atoms with Gasteiger partial charge in [-0.1, -0.05) is 42.5 Å². The Kier molecular flexibility index (Phi) is 6.91. The molecule has 1 atom stereocenters. The number of rotatable bonds is 6. The standard InChI is InChI=1S/C27H26N2O6/c1-33-23-16-18(14-15-22(23)30)25-28(19-10-6-4-7-11-19)17-21(26(31)34-2)24(27(32)35-3)29(25)20-12-8-5-9-13-20/h4-16,25,30H,17H2,1-3H3/t25-/m0/s1. The maximum Gasteiger partial charge on any atom is 0.355 e. The fraction of sp³-hybridized carbons (Fsp3) is 0.185. The minimum absolute atomic E-state index is 0.0106. The van der Waals surface area contributed by atoms with E-state index in [-0.39, 0.29) is 29.3 Å². The number of para-hydroxylation sites is 2. The van der Waals surface area contributed by atoms with E-state index in [1.165, 1.54) is 27.4 Å². The number of carbonyl (C=O) groups excluding carboxylic acids is 2. The van der Waals surface area contributed by atoms with Gasteiger partial charge in [0.1, 0.15) is 11.9 Å². The minimum atomic E-state index is -0.669. The molecule has 1 aliphatic heterocycles. The molecule has 1 heterocycles. The fourth-order valence-electron chi connectivity index (χ4n) is 4.24. The van der Waals surface area contributed by atoms with E-state index in [0.29, 0.717) is 5.69 Å². The van der Waals surface area contributed by atoms with Crippen LogP contribution in [-0.4, -0.2) is 44.9 Å². The lowest BCUT2D eigenvalue weighted by molar-refractivity contribution is -0.139. The Balaban J connectivity index is 2.05. The van der Waals surface area contributed by atoms with Gasteiger partial charge in [-0.3, -0.25) is 0 Å². The van der Waals surface area contributed by atoms with Crippen LogP contribution in [0.1, 0.15) is 11.7 Å². The van der Waals surface area contributed by atoms with Crippen LogP contribution < -0.4 is 14.5 Å². The number of hydrogen-bond acceptors (Lipinski definition) is 8. The molecule has 0 saturated carbocycles. The molecule has 4 rings (SSSR count). The maximum absolute atomic E-state index is 13.2. The lowest BCUT2D eigenvalue weighted by Gasteiger charge is -2.47. The molecule has 0 radical (unpaired) electrons. The molecule has 0 unspecified atom stereocenters. The topological polar surface area (TPSA) is 88.5 Å². The van der Waals surface area contributed by atoms with E-state index in [1.54, 1.807) is 17.0 Å². The second-order valence-electron chi connectivity index (χ2n) is 7.78. The van der Waals surface area contributed by atoms with Crippen molar-refractivity contribution < 1.29 is 28.9 Å². The summed E-state index contributed by atoms with van der Waals surface area (Å²) in [6.45, 7) is 0.0817. The molecule has 3 aromatic rings. The summed E-state index contributed by atoms with van der Waals surface area (Å²) in [4.78, 5) is 29.8. The highest BCUT2D eigenvalue weighted by Crippen LogP contribution is 2.43. The molecule has 1 aliphatic rings. The number of phenols is 1. The van der Waals surface area contributed by atoms with E-state index in [1.807, 2.05) is 65.6 Å². The summed E-state index contributed by atoms with van der Waals surface area (Å²) >= 11 is 0. The zero-order chi connectivity index (χ0) is 24.9. The van der Waals surface area contributed by atoms with Gasteiger partial charge >= 0.3 is 11.9 Å². The summed E-state index contributed by atoms with van der Waals surface area (Å²) in [6, 6.07) is 23.8. The molecule has 0 amide bonds. The van der Waals surface area contributed by atoms with Gasteiger partial charge in [0.05, 0.1) is 33.4 Å². The number of methoxy groups -OCH3 is 3. The summed E-state index contributed by atoms with van der Waals surface area (Å²) in [5.41, 5.74) is 2.43. The highest BCUT2D eigenvalue weighted by atomic mass is 16.5. The predicted octanol–water partition coefficient (Wildman–Crippen LogP) is 4.03. The van der Waals surface area contributed by atoms with Gasteiger partial charge in [0, 0.05) is 11.4 Å². The van der Waals surface area contributed by atoms with Crippen LogP contribution in [0.25, 0.3) is 0 Å². The van der Waals surface area contributed by atoms with Gasteiger partial charge < -0.3 is 29.1 Å². The van der Waals surface area contributed by atoms with Crippen LogP contribution in [0.2, 0.25) is 0 Å². The lowest BCUT2D eigenvalue weighted by Crippen LogP contribution is -2.50. The van der Waals surface area contributed by atoms with Crippen molar-refractivity contribution in [3.05, 3.63) is 95.7 Å². The largest absolute Gasteiger partial charge is 0.504 e. The number of carbonyl (C=O) groups is 2. The summed E-state index contributed by atoms with van der Waals surface area (Å²) in [5.74, 6) is -1.03. The number of ether oxygens (including phenoxy) is 3. The summed E-state index contributed by atoms with van der Waals surface area (Å²) in [5, 5.41) is 10.2. The van der Waals surface area contributed by atoms with Crippen LogP contribution in [0, 0.1) is 0 Å². The molecule has 3 aromatic carbocycles. The van der Waals surface area contributed by atoms with Crippen molar-refractivity contribution in [3.63, 3.8) is 0 Å². The first-order valence-corrected chi connectivity index (χ1v) is 10.9. The number of benzene rings is 3. The summed E-state index contributed by atoms with van der Waals surface area (Å²) < 4.78 is 15.6. The Hall–Kier alpha value is -4.46. The fourth-order valence-corrected chi connectivity index (χ4v) is 4.24.